The molecule has 1 amide bonds. The van der Waals surface area contributed by atoms with Gasteiger partial charge in [-0.2, -0.15) is 4.98 Å². The van der Waals surface area contributed by atoms with Crippen molar-refractivity contribution in [1.82, 2.24) is 29.7 Å². The monoisotopic (exact) mass is 570 g/mol. The second-order valence-electron chi connectivity index (χ2n) is 10.1. The number of carbonyl (C=O) groups is 3. The van der Waals surface area contributed by atoms with Crippen molar-refractivity contribution in [3.05, 3.63) is 36.3 Å². The van der Waals surface area contributed by atoms with E-state index in [-0.39, 0.29) is 24.2 Å². The van der Waals surface area contributed by atoms with Gasteiger partial charge in [-0.15, -0.1) is 0 Å². The lowest BCUT2D eigenvalue weighted by Crippen LogP contribution is -2.43. The fraction of sp³-hybridized carbons (Fsp3) is 0.481. The summed E-state index contributed by atoms with van der Waals surface area (Å²) in [6.07, 6.45) is 7.58. The molecule has 0 bridgehead atoms. The summed E-state index contributed by atoms with van der Waals surface area (Å²) in [5, 5.41) is 23.3. The van der Waals surface area contributed by atoms with E-state index in [1.807, 2.05) is 18.3 Å². The van der Waals surface area contributed by atoms with E-state index < -0.39 is 11.9 Å². The first-order chi connectivity index (χ1) is 19.2. The van der Waals surface area contributed by atoms with Gasteiger partial charge in [-0.1, -0.05) is 12.8 Å². The highest BCUT2D eigenvalue weighted by atomic mass is 16.4. The van der Waals surface area contributed by atoms with Crippen molar-refractivity contribution in [3.8, 4) is 0 Å². The number of rotatable bonds is 8. The van der Waals surface area contributed by atoms with Gasteiger partial charge >= 0.3 is 11.9 Å². The molecular formula is C27H38N8O6. The van der Waals surface area contributed by atoms with Gasteiger partial charge in [0.15, 0.2) is 0 Å². The second kappa shape index (κ2) is 14.4. The van der Waals surface area contributed by atoms with Crippen molar-refractivity contribution in [2.75, 3.05) is 50.5 Å². The average Bonchev–Trinajstić information content (AvgIpc) is 3.60. The van der Waals surface area contributed by atoms with Crippen LogP contribution in [0.25, 0.3) is 11.0 Å². The Morgan fingerprint density at radius 1 is 1.02 bits per heavy atom. The summed E-state index contributed by atoms with van der Waals surface area (Å²) >= 11 is 0. The summed E-state index contributed by atoms with van der Waals surface area (Å²) in [7, 11) is 3.57. The van der Waals surface area contributed by atoms with Crippen molar-refractivity contribution in [3.63, 3.8) is 0 Å². The van der Waals surface area contributed by atoms with Gasteiger partial charge in [-0.3, -0.25) is 14.4 Å². The highest BCUT2D eigenvalue weighted by Crippen LogP contribution is 2.35. The molecule has 0 atom stereocenters. The summed E-state index contributed by atoms with van der Waals surface area (Å²) in [5.41, 5.74) is 2.61. The minimum absolute atomic E-state index is 0. The first-order valence-corrected chi connectivity index (χ1v) is 13.4. The predicted octanol–water partition coefficient (Wildman–Crippen LogP) is 1.91. The summed E-state index contributed by atoms with van der Waals surface area (Å²) in [5.74, 6) is -0.970. The van der Waals surface area contributed by atoms with Crippen LogP contribution in [0.4, 0.5) is 17.5 Å². The van der Waals surface area contributed by atoms with E-state index in [9.17, 15) is 14.4 Å². The summed E-state index contributed by atoms with van der Waals surface area (Å²) < 4.78 is 2.12. The minimum Gasteiger partial charge on any atom is -0.481 e. The van der Waals surface area contributed by atoms with Gasteiger partial charge in [0.2, 0.25) is 5.95 Å². The summed E-state index contributed by atoms with van der Waals surface area (Å²) in [4.78, 5) is 49.9. The van der Waals surface area contributed by atoms with E-state index in [0.29, 0.717) is 23.5 Å². The lowest BCUT2D eigenvalue weighted by atomic mass is 10.2. The second-order valence-corrected chi connectivity index (χ2v) is 10.1. The highest BCUT2D eigenvalue weighted by Gasteiger charge is 2.26. The van der Waals surface area contributed by atoms with Crippen LogP contribution in [0.3, 0.4) is 0 Å². The van der Waals surface area contributed by atoms with E-state index >= 15 is 0 Å². The number of amides is 1. The molecule has 1 aliphatic heterocycles. The van der Waals surface area contributed by atoms with E-state index in [2.05, 4.69) is 36.1 Å². The van der Waals surface area contributed by atoms with Gasteiger partial charge in [0.05, 0.1) is 24.7 Å². The molecule has 3 aromatic rings. The fourth-order valence-electron chi connectivity index (χ4n) is 4.89. The van der Waals surface area contributed by atoms with Gasteiger partial charge in [0.25, 0.3) is 5.91 Å². The average molecular weight is 571 g/mol. The van der Waals surface area contributed by atoms with Gasteiger partial charge in [-0.25, -0.2) is 9.97 Å². The minimum atomic E-state index is -1.08. The number of aliphatic carboxylic acids is 2. The molecule has 14 nitrogen and oxygen atoms in total. The van der Waals surface area contributed by atoms with Crippen molar-refractivity contribution >= 4 is 46.3 Å². The van der Waals surface area contributed by atoms with Crippen LogP contribution < -0.4 is 15.5 Å². The molecule has 3 aromatic heterocycles. The van der Waals surface area contributed by atoms with Crippen molar-refractivity contribution in [2.24, 2.45) is 0 Å². The van der Waals surface area contributed by atoms with Crippen molar-refractivity contribution in [1.29, 1.82) is 0 Å². The molecule has 222 valence electrons. The maximum atomic E-state index is 12.9. The van der Waals surface area contributed by atoms with Crippen LogP contribution in [0.15, 0.2) is 30.6 Å². The Morgan fingerprint density at radius 2 is 1.68 bits per heavy atom. The number of carboxylic acid groups (broad SMARTS) is 2. The zero-order valence-electron chi connectivity index (χ0n) is 23.3. The van der Waals surface area contributed by atoms with E-state index in [1.165, 1.54) is 12.8 Å². The smallest absolute Gasteiger partial charge is 0.303 e. The van der Waals surface area contributed by atoms with E-state index in [4.69, 9.17) is 15.2 Å². The molecule has 41 heavy (non-hydrogen) atoms. The number of pyridine rings is 1. The maximum Gasteiger partial charge on any atom is 0.303 e. The van der Waals surface area contributed by atoms with Gasteiger partial charge in [-0.05, 0) is 31.0 Å². The molecule has 1 saturated heterocycles. The lowest BCUT2D eigenvalue weighted by molar-refractivity contribution is -0.143. The van der Waals surface area contributed by atoms with Crippen molar-refractivity contribution in [2.45, 2.75) is 44.6 Å². The molecule has 4 heterocycles. The zero-order chi connectivity index (χ0) is 28.6. The van der Waals surface area contributed by atoms with Crippen molar-refractivity contribution < 1.29 is 30.1 Å². The SMILES string of the molecule is CN(C)C(=O)c1cc2cnc(Nc3ccc(N4CCNCC4)cn3)nc2n1C1CCCC1.O.O=C(O)CCC(=O)O. The Labute approximate surface area is 237 Å². The first-order valence-electron chi connectivity index (χ1n) is 13.4. The molecule has 0 radical (unpaired) electrons. The number of fused-ring (bicyclic) bond motifs is 1. The molecule has 6 N–H and O–H groups in total. The number of carbonyl (C=O) groups excluding carboxylic acids is 1. The predicted molar refractivity (Wildman–Crippen MR) is 154 cm³/mol. The third-order valence-corrected chi connectivity index (χ3v) is 6.91. The Balaban J connectivity index is 0.000000453. The van der Waals surface area contributed by atoms with Gasteiger partial charge in [0, 0.05) is 57.9 Å². The number of nitrogens with zero attached hydrogens (tertiary/aromatic N) is 6. The third-order valence-electron chi connectivity index (χ3n) is 6.91. The van der Waals surface area contributed by atoms with Gasteiger partial charge < -0.3 is 40.7 Å². The van der Waals surface area contributed by atoms with Crippen LogP contribution in [0.2, 0.25) is 0 Å². The molecule has 0 aromatic carbocycles. The molecule has 14 heteroatoms. The van der Waals surface area contributed by atoms with Crippen LogP contribution >= 0.6 is 0 Å². The van der Waals surface area contributed by atoms with Gasteiger partial charge in [0.1, 0.15) is 17.2 Å². The highest BCUT2D eigenvalue weighted by molar-refractivity contribution is 5.98. The summed E-state index contributed by atoms with van der Waals surface area (Å²) in [6.45, 7) is 3.96. The van der Waals surface area contributed by atoms with E-state index in [1.54, 1.807) is 25.2 Å². The number of hydrogen-bond acceptors (Lipinski definition) is 9. The molecular weight excluding hydrogens is 532 g/mol. The molecule has 1 aliphatic carbocycles. The maximum absolute atomic E-state index is 12.9. The first kappa shape index (κ1) is 31.2. The van der Waals surface area contributed by atoms with E-state index in [0.717, 1.165) is 55.7 Å². The third kappa shape index (κ3) is 8.11. The molecule has 2 aliphatic rings. The Bertz CT molecular complexity index is 1320. The number of nitrogens with one attached hydrogen (secondary N) is 2. The van der Waals surface area contributed by atoms with Crippen LogP contribution in [0, 0.1) is 0 Å². The number of aromatic nitrogens is 4. The standard InChI is InChI=1S/C23H30N8O.C4H6O4.H2O/c1-29(2)22(32)19-13-16-14-26-23(28-21(16)31(19)17-5-3-4-6-17)27-20-8-7-18(15-25-20)30-11-9-24-10-12-30;5-3(6)1-2-4(7)8;/h7-8,13-15,17,24H,3-6,9-12H2,1-2H3,(H,25,26,27,28);1-2H2,(H,5,6)(H,7,8);1H2. The molecule has 5 rings (SSSR count). The Morgan fingerprint density at radius 3 is 2.24 bits per heavy atom. The zero-order valence-corrected chi connectivity index (χ0v) is 23.3. The largest absolute Gasteiger partial charge is 0.481 e. The number of hydrogen-bond donors (Lipinski definition) is 4. The number of carboxylic acids is 2. The summed E-state index contributed by atoms with van der Waals surface area (Å²) in [6, 6.07) is 6.25. The van der Waals surface area contributed by atoms with Crippen LogP contribution in [-0.4, -0.2) is 98.2 Å². The molecule has 2 fully saturated rings. The topological polar surface area (TPSA) is 197 Å². The molecule has 1 saturated carbocycles. The Hall–Kier alpha value is -4.30. The van der Waals surface area contributed by atoms with Crippen LogP contribution in [0.5, 0.6) is 0 Å². The molecule has 0 spiro atoms. The van der Waals surface area contributed by atoms with Crippen LogP contribution in [-0.2, 0) is 9.59 Å². The quantitative estimate of drug-likeness (QED) is 0.308. The van der Waals surface area contributed by atoms with Crippen LogP contribution in [0.1, 0.15) is 55.1 Å². The lowest BCUT2D eigenvalue weighted by Gasteiger charge is -2.29. The Kier molecular flexibility index (Phi) is 10.9. The fourth-order valence-corrected chi connectivity index (χ4v) is 4.89. The number of anilines is 3. The number of piperazine rings is 1. The normalized spacial score (nSPS) is 15.0. The molecule has 0 unspecified atom stereocenters.